The molecular weight excluding hydrogens is 255 g/mol. The van der Waals surface area contributed by atoms with Gasteiger partial charge in [-0.15, -0.1) is 0 Å². The second kappa shape index (κ2) is 3.00. The molecule has 2 nitrogen and oxygen atoms in total. The molecule has 0 atom stereocenters. The zero-order valence-electron chi connectivity index (χ0n) is 6.86. The predicted molar refractivity (Wildman–Crippen MR) is 53.0 cm³/mol. The predicted octanol–water partition coefficient (Wildman–Crippen LogP) is 3.08. The Hall–Kier alpha value is -0.540. The highest BCUT2D eigenvalue weighted by atomic mass is 79.9. The average Bonchev–Trinajstić information content (AvgIpc) is 2.45. The van der Waals surface area contributed by atoms with Gasteiger partial charge in [-0.3, -0.25) is 0 Å². The third-order valence-corrected chi connectivity index (χ3v) is 3.70. The molecule has 68 valence electrons. The summed E-state index contributed by atoms with van der Waals surface area (Å²) in [4.78, 5) is 11.2. The minimum atomic E-state index is -0.285. The lowest BCUT2D eigenvalue weighted by molar-refractivity contribution is 0.0535. The summed E-state index contributed by atoms with van der Waals surface area (Å²) >= 11 is 9.26. The molecule has 1 aromatic rings. The van der Waals surface area contributed by atoms with Crippen LogP contribution in [0.3, 0.4) is 0 Å². The summed E-state index contributed by atoms with van der Waals surface area (Å²) in [7, 11) is 0. The van der Waals surface area contributed by atoms with Crippen LogP contribution in [-0.2, 0) is 11.3 Å². The Morgan fingerprint density at radius 2 is 2.31 bits per heavy atom. The van der Waals surface area contributed by atoms with E-state index in [0.717, 1.165) is 15.6 Å². The maximum Gasteiger partial charge on any atom is 0.338 e. The van der Waals surface area contributed by atoms with Crippen LogP contribution in [-0.4, -0.2) is 5.97 Å². The van der Waals surface area contributed by atoms with E-state index < -0.39 is 0 Å². The molecule has 0 spiro atoms. The lowest BCUT2D eigenvalue weighted by atomic mass is 10.0. The maximum atomic E-state index is 11.2. The van der Waals surface area contributed by atoms with Crippen molar-refractivity contribution in [3.05, 3.63) is 32.3 Å². The topological polar surface area (TPSA) is 26.3 Å². The molecule has 1 heterocycles. The highest BCUT2D eigenvalue weighted by molar-refractivity contribution is 9.10. The molecule has 1 aliphatic heterocycles. The third kappa shape index (κ3) is 1.27. The van der Waals surface area contributed by atoms with E-state index in [1.165, 1.54) is 0 Å². The summed E-state index contributed by atoms with van der Waals surface area (Å²) in [5.41, 5.74) is 2.50. The standard InChI is InChI=1S/C9H6BrClO2/c1-4-6-3-13-9(12)5(6)2-7(11)8(4)10/h2H,3H2,1H3. The van der Waals surface area contributed by atoms with E-state index in [0.29, 0.717) is 17.2 Å². The molecule has 2 rings (SSSR count). The fourth-order valence-electron chi connectivity index (χ4n) is 1.37. The van der Waals surface area contributed by atoms with Gasteiger partial charge in [0.1, 0.15) is 6.61 Å². The largest absolute Gasteiger partial charge is 0.457 e. The smallest absolute Gasteiger partial charge is 0.338 e. The number of rotatable bonds is 0. The first kappa shape index (κ1) is 9.03. The van der Waals surface area contributed by atoms with Crippen molar-refractivity contribution in [1.29, 1.82) is 0 Å². The van der Waals surface area contributed by atoms with Gasteiger partial charge in [-0.25, -0.2) is 4.79 Å². The number of ether oxygens (including phenoxy) is 1. The van der Waals surface area contributed by atoms with Crippen LogP contribution in [0.5, 0.6) is 0 Å². The summed E-state index contributed by atoms with van der Waals surface area (Å²) < 4.78 is 5.73. The number of hydrogen-bond acceptors (Lipinski definition) is 2. The van der Waals surface area contributed by atoms with Gasteiger partial charge >= 0.3 is 5.97 Å². The van der Waals surface area contributed by atoms with E-state index in [-0.39, 0.29) is 5.97 Å². The first-order valence-electron chi connectivity index (χ1n) is 3.76. The number of fused-ring (bicyclic) bond motifs is 1. The Labute approximate surface area is 89.0 Å². The molecule has 0 N–H and O–H groups in total. The molecule has 1 aromatic carbocycles. The summed E-state index contributed by atoms with van der Waals surface area (Å²) in [6, 6.07) is 1.64. The van der Waals surface area contributed by atoms with Crippen molar-refractivity contribution in [3.8, 4) is 0 Å². The fraction of sp³-hybridized carbons (Fsp3) is 0.222. The van der Waals surface area contributed by atoms with Gasteiger partial charge in [0.05, 0.1) is 10.6 Å². The Morgan fingerprint density at radius 3 is 3.00 bits per heavy atom. The van der Waals surface area contributed by atoms with Crippen LogP contribution >= 0.6 is 27.5 Å². The summed E-state index contributed by atoms with van der Waals surface area (Å²) in [6.07, 6.45) is 0. The Balaban J connectivity index is 2.74. The van der Waals surface area contributed by atoms with Crippen LogP contribution in [0.4, 0.5) is 0 Å². The van der Waals surface area contributed by atoms with Crippen molar-refractivity contribution in [1.82, 2.24) is 0 Å². The molecule has 0 aliphatic carbocycles. The van der Waals surface area contributed by atoms with Gasteiger partial charge in [-0.1, -0.05) is 11.6 Å². The quantitative estimate of drug-likeness (QED) is 0.671. The van der Waals surface area contributed by atoms with Crippen LogP contribution in [0.25, 0.3) is 0 Å². The van der Waals surface area contributed by atoms with E-state index in [4.69, 9.17) is 16.3 Å². The molecule has 0 aromatic heterocycles. The lowest BCUT2D eigenvalue weighted by Gasteiger charge is -2.04. The number of hydrogen-bond donors (Lipinski definition) is 0. The highest BCUT2D eigenvalue weighted by Crippen LogP contribution is 2.34. The van der Waals surface area contributed by atoms with E-state index >= 15 is 0 Å². The molecule has 13 heavy (non-hydrogen) atoms. The van der Waals surface area contributed by atoms with Crippen molar-refractivity contribution in [3.63, 3.8) is 0 Å². The van der Waals surface area contributed by atoms with Gasteiger partial charge < -0.3 is 4.74 Å². The molecule has 0 fully saturated rings. The van der Waals surface area contributed by atoms with Crippen molar-refractivity contribution >= 4 is 33.5 Å². The number of carbonyl (C=O) groups excluding carboxylic acids is 1. The molecule has 0 bridgehead atoms. The molecule has 0 unspecified atom stereocenters. The van der Waals surface area contributed by atoms with Gasteiger partial charge in [0.25, 0.3) is 0 Å². The molecule has 4 heteroatoms. The molecule has 1 aliphatic rings. The monoisotopic (exact) mass is 260 g/mol. The van der Waals surface area contributed by atoms with Crippen LogP contribution in [0.2, 0.25) is 5.02 Å². The number of esters is 1. The number of cyclic esters (lactones) is 1. The zero-order valence-corrected chi connectivity index (χ0v) is 9.20. The average molecular weight is 262 g/mol. The van der Waals surface area contributed by atoms with Gasteiger partial charge in [0.2, 0.25) is 0 Å². The molecule has 0 saturated heterocycles. The normalized spacial score (nSPS) is 14.2. The maximum absolute atomic E-state index is 11.2. The molecule has 0 saturated carbocycles. The van der Waals surface area contributed by atoms with E-state index in [9.17, 15) is 4.79 Å². The van der Waals surface area contributed by atoms with E-state index in [1.807, 2.05) is 6.92 Å². The Kier molecular flexibility index (Phi) is 2.08. The van der Waals surface area contributed by atoms with Crippen molar-refractivity contribution in [2.45, 2.75) is 13.5 Å². The molecule has 0 radical (unpaired) electrons. The summed E-state index contributed by atoms with van der Waals surface area (Å²) in [6.45, 7) is 2.27. The highest BCUT2D eigenvalue weighted by Gasteiger charge is 2.25. The number of halogens is 2. The van der Waals surface area contributed by atoms with Gasteiger partial charge in [0.15, 0.2) is 0 Å². The van der Waals surface area contributed by atoms with Crippen LogP contribution in [0, 0.1) is 6.92 Å². The van der Waals surface area contributed by atoms with Gasteiger partial charge in [-0.2, -0.15) is 0 Å². The van der Waals surface area contributed by atoms with Crippen LogP contribution in [0.1, 0.15) is 21.5 Å². The zero-order chi connectivity index (χ0) is 9.59. The van der Waals surface area contributed by atoms with Gasteiger partial charge in [0, 0.05) is 10.0 Å². The minimum absolute atomic E-state index is 0.285. The third-order valence-electron chi connectivity index (χ3n) is 2.16. The van der Waals surface area contributed by atoms with Crippen LogP contribution in [0.15, 0.2) is 10.5 Å². The summed E-state index contributed by atoms with van der Waals surface area (Å²) in [5, 5.41) is 0.551. The van der Waals surface area contributed by atoms with E-state index in [1.54, 1.807) is 6.07 Å². The SMILES string of the molecule is Cc1c(Br)c(Cl)cc2c1COC2=O. The first-order valence-corrected chi connectivity index (χ1v) is 4.93. The first-order chi connectivity index (χ1) is 6.11. The second-order valence-electron chi connectivity index (χ2n) is 2.90. The Morgan fingerprint density at radius 1 is 1.62 bits per heavy atom. The second-order valence-corrected chi connectivity index (χ2v) is 4.10. The van der Waals surface area contributed by atoms with E-state index in [2.05, 4.69) is 15.9 Å². The number of carbonyl (C=O) groups is 1. The van der Waals surface area contributed by atoms with Crippen molar-refractivity contribution in [2.75, 3.05) is 0 Å². The minimum Gasteiger partial charge on any atom is -0.457 e. The van der Waals surface area contributed by atoms with Gasteiger partial charge in [-0.05, 0) is 34.5 Å². The lowest BCUT2D eigenvalue weighted by Crippen LogP contribution is -1.94. The van der Waals surface area contributed by atoms with Crippen molar-refractivity contribution < 1.29 is 9.53 Å². The fourth-order valence-corrected chi connectivity index (χ4v) is 1.98. The Bertz CT molecular complexity index is 401. The molecular formula is C9H6BrClO2. The summed E-state index contributed by atoms with van der Waals surface area (Å²) in [5.74, 6) is -0.285. The molecule has 0 amide bonds. The van der Waals surface area contributed by atoms with Crippen LogP contribution < -0.4 is 0 Å². The number of benzene rings is 1. The van der Waals surface area contributed by atoms with Crippen molar-refractivity contribution in [2.24, 2.45) is 0 Å².